The number of hydrogen-bond donors (Lipinski definition) is 0. The van der Waals surface area contributed by atoms with Crippen molar-refractivity contribution in [3.8, 4) is 44.5 Å². The van der Waals surface area contributed by atoms with E-state index in [4.69, 9.17) is 0 Å². The zero-order chi connectivity index (χ0) is 25.9. The molecule has 6 aromatic carbocycles. The van der Waals surface area contributed by atoms with Crippen LogP contribution in [-0.4, -0.2) is 0 Å². The van der Waals surface area contributed by atoms with Gasteiger partial charge in [0.15, 0.2) is 0 Å². The van der Waals surface area contributed by atoms with Crippen LogP contribution in [0.25, 0.3) is 66.1 Å². The summed E-state index contributed by atoms with van der Waals surface area (Å²) in [6, 6.07) is 42.8. The van der Waals surface area contributed by atoms with E-state index in [9.17, 15) is 0 Å². The van der Waals surface area contributed by atoms with Gasteiger partial charge in [0.25, 0.3) is 0 Å². The van der Waals surface area contributed by atoms with Crippen molar-refractivity contribution >= 4 is 21.5 Å². The van der Waals surface area contributed by atoms with Crippen LogP contribution in [0.5, 0.6) is 0 Å². The van der Waals surface area contributed by atoms with Crippen molar-refractivity contribution in [3.63, 3.8) is 0 Å². The van der Waals surface area contributed by atoms with Crippen LogP contribution in [0.3, 0.4) is 0 Å². The summed E-state index contributed by atoms with van der Waals surface area (Å²) in [5.74, 6) is 0. The molecule has 0 bridgehead atoms. The van der Waals surface area contributed by atoms with Gasteiger partial charge in [0.05, 0.1) is 0 Å². The Balaban J connectivity index is 1.71. The molecule has 0 saturated heterocycles. The molecule has 0 spiro atoms. The van der Waals surface area contributed by atoms with Gasteiger partial charge in [-0.15, -0.1) is 0 Å². The monoisotopic (exact) mass is 488 g/mol. The van der Waals surface area contributed by atoms with E-state index < -0.39 is 0 Å². The summed E-state index contributed by atoms with van der Waals surface area (Å²) in [4.78, 5) is 0. The van der Waals surface area contributed by atoms with Gasteiger partial charge in [-0.2, -0.15) is 0 Å². The van der Waals surface area contributed by atoms with Gasteiger partial charge in [0.2, 0.25) is 0 Å². The molecule has 0 amide bonds. The van der Waals surface area contributed by atoms with Crippen molar-refractivity contribution in [1.82, 2.24) is 0 Å². The zero-order valence-electron chi connectivity index (χ0n) is 22.4. The predicted molar refractivity (Wildman–Crippen MR) is 165 cm³/mol. The number of rotatable bonds is 5. The lowest BCUT2D eigenvalue weighted by Gasteiger charge is -2.29. The molecule has 0 fully saturated rings. The molecule has 7 rings (SSSR count). The summed E-state index contributed by atoms with van der Waals surface area (Å²) in [7, 11) is 0. The van der Waals surface area contributed by atoms with E-state index >= 15 is 0 Å². The van der Waals surface area contributed by atoms with Gasteiger partial charge in [-0.1, -0.05) is 136 Å². The minimum absolute atomic E-state index is 0.154. The quantitative estimate of drug-likeness (QED) is 0.226. The van der Waals surface area contributed by atoms with Gasteiger partial charge in [0.1, 0.15) is 0 Å². The van der Waals surface area contributed by atoms with E-state index in [2.05, 4.69) is 136 Å². The van der Waals surface area contributed by atoms with E-state index in [1.807, 2.05) is 0 Å². The third-order valence-corrected chi connectivity index (χ3v) is 9.13. The third kappa shape index (κ3) is 3.16. The van der Waals surface area contributed by atoms with Crippen LogP contribution < -0.4 is 0 Å². The van der Waals surface area contributed by atoms with Crippen LogP contribution in [-0.2, 0) is 5.41 Å². The van der Waals surface area contributed by atoms with Gasteiger partial charge in [0, 0.05) is 0 Å². The summed E-state index contributed by atoms with van der Waals surface area (Å²) in [6.07, 6.45) is 2.26. The molecule has 0 nitrogen and oxygen atoms in total. The predicted octanol–water partition coefficient (Wildman–Crippen LogP) is 11.1. The molecule has 6 aromatic rings. The van der Waals surface area contributed by atoms with Crippen molar-refractivity contribution in [2.24, 2.45) is 0 Å². The fourth-order valence-electron chi connectivity index (χ4n) is 6.77. The van der Waals surface area contributed by atoms with E-state index in [-0.39, 0.29) is 5.41 Å². The zero-order valence-corrected chi connectivity index (χ0v) is 22.4. The van der Waals surface area contributed by atoms with Crippen molar-refractivity contribution in [1.29, 1.82) is 0 Å². The summed E-state index contributed by atoms with van der Waals surface area (Å²) in [6.45, 7) is 7.09. The summed E-state index contributed by atoms with van der Waals surface area (Å²) in [5.41, 5.74) is 12.3. The van der Waals surface area contributed by atoms with Gasteiger partial charge in [-0.3, -0.25) is 0 Å². The Hall–Kier alpha value is -4.16. The highest BCUT2D eigenvalue weighted by atomic mass is 14.4. The van der Waals surface area contributed by atoms with Gasteiger partial charge < -0.3 is 0 Å². The molecule has 38 heavy (non-hydrogen) atoms. The molecule has 0 aromatic heterocycles. The van der Waals surface area contributed by atoms with Crippen LogP contribution in [0.15, 0.2) is 115 Å². The lowest BCUT2D eigenvalue weighted by Crippen LogP contribution is -2.19. The van der Waals surface area contributed by atoms with Crippen LogP contribution in [0.4, 0.5) is 0 Å². The molecule has 1 aliphatic rings. The van der Waals surface area contributed by atoms with Crippen molar-refractivity contribution in [2.75, 3.05) is 0 Å². The first-order chi connectivity index (χ1) is 18.7. The fourth-order valence-corrected chi connectivity index (χ4v) is 6.77. The smallest absolute Gasteiger partial charge is 0.000741 e. The lowest BCUT2D eigenvalue weighted by molar-refractivity contribution is 0.442. The van der Waals surface area contributed by atoms with Crippen LogP contribution >= 0.6 is 0 Å². The van der Waals surface area contributed by atoms with E-state index in [0.717, 1.165) is 12.8 Å². The Morgan fingerprint density at radius 1 is 0.447 bits per heavy atom. The Morgan fingerprint density at radius 2 is 0.921 bits per heavy atom. The maximum Gasteiger partial charge on any atom is -0.000741 e. The minimum Gasteiger partial charge on any atom is -0.0645 e. The van der Waals surface area contributed by atoms with Crippen molar-refractivity contribution in [2.45, 2.75) is 39.0 Å². The Bertz CT molecular complexity index is 1730. The average molecular weight is 489 g/mol. The molecule has 0 atom stereocenters. The maximum absolute atomic E-state index is 2.43. The Kier molecular flexibility index (Phi) is 5.27. The second-order valence-corrected chi connectivity index (χ2v) is 10.9. The van der Waals surface area contributed by atoms with Crippen LogP contribution in [0, 0.1) is 0 Å². The maximum atomic E-state index is 2.43. The Morgan fingerprint density at radius 3 is 1.45 bits per heavy atom. The van der Waals surface area contributed by atoms with E-state index in [1.54, 1.807) is 0 Å². The largest absolute Gasteiger partial charge is 0.0645 e. The topological polar surface area (TPSA) is 0 Å². The van der Waals surface area contributed by atoms with E-state index in [0.29, 0.717) is 0 Å². The molecule has 0 unspecified atom stereocenters. The number of fused-ring (bicyclic) bond motifs is 4. The summed E-state index contributed by atoms with van der Waals surface area (Å²) >= 11 is 0. The number of hydrogen-bond acceptors (Lipinski definition) is 0. The standard InChI is InChI=1S/C38H32/c1-4-38(3,5-2)32-24-23-31-35-29(32)21-14-22-30(35)36-33(25-15-8-6-9-16-25)27-19-12-13-20-28(27)34(37(31)36)26-17-10-7-11-18-26/h6-24H,4-5H2,1-3H3. The Labute approximate surface area is 225 Å². The van der Waals surface area contributed by atoms with Gasteiger partial charge in [-0.25, -0.2) is 0 Å². The molecule has 184 valence electrons. The molecule has 0 heterocycles. The lowest BCUT2D eigenvalue weighted by atomic mass is 9.75. The highest BCUT2D eigenvalue weighted by Gasteiger charge is 2.33. The third-order valence-electron chi connectivity index (χ3n) is 9.13. The van der Waals surface area contributed by atoms with Gasteiger partial charge in [-0.05, 0) is 89.9 Å². The minimum atomic E-state index is 0.154. The summed E-state index contributed by atoms with van der Waals surface area (Å²) in [5, 5.41) is 5.45. The fraction of sp³-hybridized carbons (Fsp3) is 0.158. The molecule has 0 saturated carbocycles. The van der Waals surface area contributed by atoms with E-state index in [1.165, 1.54) is 71.6 Å². The second kappa shape index (κ2) is 8.71. The number of benzene rings is 6. The van der Waals surface area contributed by atoms with Crippen LogP contribution in [0.2, 0.25) is 0 Å². The molecule has 0 heteroatoms. The first-order valence-electron chi connectivity index (χ1n) is 13.9. The highest BCUT2D eigenvalue weighted by molar-refractivity contribution is 6.27. The normalized spacial score (nSPS) is 12.3. The SMILES string of the molecule is CCC(C)(CC)c1ccc2c3c(cccc13)-c1c-2c(-c2ccccc2)c2ccccc2c1-c1ccccc1. The summed E-state index contributed by atoms with van der Waals surface area (Å²) < 4.78 is 0. The average Bonchev–Trinajstić information content (AvgIpc) is 3.31. The van der Waals surface area contributed by atoms with Crippen LogP contribution in [0.1, 0.15) is 39.2 Å². The molecular weight excluding hydrogens is 456 g/mol. The first kappa shape index (κ1) is 23.0. The van der Waals surface area contributed by atoms with Crippen molar-refractivity contribution in [3.05, 3.63) is 121 Å². The highest BCUT2D eigenvalue weighted by Crippen LogP contribution is 2.58. The molecule has 0 N–H and O–H groups in total. The first-order valence-corrected chi connectivity index (χ1v) is 13.9. The second-order valence-electron chi connectivity index (χ2n) is 10.9. The van der Waals surface area contributed by atoms with Crippen molar-refractivity contribution < 1.29 is 0 Å². The molecule has 0 radical (unpaired) electrons. The molecular formula is C38H32. The molecule has 1 aliphatic carbocycles. The molecule has 0 aliphatic heterocycles. The van der Waals surface area contributed by atoms with Gasteiger partial charge >= 0.3 is 0 Å².